The van der Waals surface area contributed by atoms with Gasteiger partial charge >= 0.3 is 0 Å². The maximum Gasteiger partial charge on any atom is 0.257 e. The summed E-state index contributed by atoms with van der Waals surface area (Å²) in [5.41, 5.74) is 2.53. The van der Waals surface area contributed by atoms with Gasteiger partial charge in [0.25, 0.3) is 5.91 Å². The molecule has 0 aliphatic rings. The molecule has 31 heavy (non-hydrogen) atoms. The van der Waals surface area contributed by atoms with E-state index in [1.54, 1.807) is 59.7 Å². The minimum absolute atomic E-state index is 0.282. The van der Waals surface area contributed by atoms with Crippen LogP contribution in [0.15, 0.2) is 82.3 Å². The highest BCUT2D eigenvalue weighted by Gasteiger charge is 2.14. The van der Waals surface area contributed by atoms with Gasteiger partial charge in [-0.05, 0) is 64.5 Å². The molecule has 152 valence electrons. The van der Waals surface area contributed by atoms with E-state index >= 15 is 0 Å². The first-order valence-corrected chi connectivity index (χ1v) is 9.98. The molecular formula is C22H13BrFN5O2. The molecule has 0 saturated carbocycles. The van der Waals surface area contributed by atoms with Gasteiger partial charge in [-0.1, -0.05) is 0 Å². The fraction of sp³-hybridized carbons (Fsp3) is 0. The second kappa shape index (κ2) is 7.77. The molecule has 3 heterocycles. The van der Waals surface area contributed by atoms with Crippen LogP contribution in [0.5, 0.6) is 0 Å². The van der Waals surface area contributed by atoms with Crippen molar-refractivity contribution in [1.29, 1.82) is 0 Å². The Kier molecular flexibility index (Phi) is 4.79. The quantitative estimate of drug-likeness (QED) is 0.383. The van der Waals surface area contributed by atoms with Crippen LogP contribution >= 0.6 is 15.9 Å². The molecule has 0 bridgehead atoms. The zero-order valence-electron chi connectivity index (χ0n) is 15.8. The van der Waals surface area contributed by atoms with Crippen LogP contribution in [0.25, 0.3) is 28.4 Å². The summed E-state index contributed by atoms with van der Waals surface area (Å²) in [6, 6.07) is 12.8. The van der Waals surface area contributed by atoms with Crippen LogP contribution in [0.1, 0.15) is 10.4 Å². The van der Waals surface area contributed by atoms with Crippen molar-refractivity contribution in [2.75, 3.05) is 5.32 Å². The summed E-state index contributed by atoms with van der Waals surface area (Å²) in [6.07, 6.45) is 6.55. The number of aromatic nitrogens is 4. The Morgan fingerprint density at radius 1 is 1.13 bits per heavy atom. The summed E-state index contributed by atoms with van der Waals surface area (Å²) < 4.78 is 21.8. The number of carbonyl (C=O) groups excluding carboxylic acids is 1. The number of oxazole rings is 1. The highest BCUT2D eigenvalue weighted by Crippen LogP contribution is 2.31. The topological polar surface area (TPSA) is 85.8 Å². The summed E-state index contributed by atoms with van der Waals surface area (Å²) in [7, 11) is 0. The highest BCUT2D eigenvalue weighted by molar-refractivity contribution is 9.10. The van der Waals surface area contributed by atoms with Crippen molar-refractivity contribution in [2.24, 2.45) is 0 Å². The zero-order chi connectivity index (χ0) is 21.4. The molecule has 7 nitrogen and oxygen atoms in total. The van der Waals surface area contributed by atoms with E-state index < -0.39 is 0 Å². The first-order chi connectivity index (χ1) is 15.1. The number of hydrogen-bond acceptors (Lipinski definition) is 5. The molecule has 5 aromatic rings. The number of fused-ring (bicyclic) bond motifs is 1. The summed E-state index contributed by atoms with van der Waals surface area (Å²) in [4.78, 5) is 25.3. The summed E-state index contributed by atoms with van der Waals surface area (Å²) >= 11 is 3.38. The van der Waals surface area contributed by atoms with Crippen LogP contribution in [0.2, 0.25) is 0 Å². The monoisotopic (exact) mass is 477 g/mol. The number of pyridine rings is 1. The maximum absolute atomic E-state index is 13.6. The number of amides is 1. The third-order valence-electron chi connectivity index (χ3n) is 4.58. The van der Waals surface area contributed by atoms with Gasteiger partial charge in [0.1, 0.15) is 23.5 Å². The number of anilines is 1. The molecule has 0 fully saturated rings. The number of nitrogens with zero attached hydrogens (tertiary/aromatic N) is 4. The maximum atomic E-state index is 13.6. The van der Waals surface area contributed by atoms with Gasteiger partial charge in [0, 0.05) is 28.8 Å². The number of hydrogen-bond donors (Lipinski definition) is 1. The second-order valence-electron chi connectivity index (χ2n) is 6.65. The van der Waals surface area contributed by atoms with Gasteiger partial charge in [0.15, 0.2) is 5.58 Å². The SMILES string of the molecule is O=C(Nc1ccc2oc(-c3cc(F)ccc3Br)nc2c1)c1ccc(-n2ccnc2)nc1. The summed E-state index contributed by atoms with van der Waals surface area (Å²) in [6.45, 7) is 0. The standard InChI is InChI=1S/C22H13BrFN5O2/c23-17-4-2-14(24)9-16(17)22-28-18-10-15(3-5-19(18)31-22)27-21(30)13-1-6-20(26-11-13)29-8-7-25-12-29/h1-12H,(H,27,30). The minimum atomic E-state index is -0.388. The van der Waals surface area contributed by atoms with Crippen LogP contribution in [0, 0.1) is 5.82 Å². The Hall–Kier alpha value is -3.85. The molecule has 0 radical (unpaired) electrons. The molecule has 1 N–H and O–H groups in total. The van der Waals surface area contributed by atoms with Crippen LogP contribution in [-0.4, -0.2) is 25.4 Å². The number of nitrogens with one attached hydrogen (secondary N) is 1. The third kappa shape index (κ3) is 3.82. The van der Waals surface area contributed by atoms with Gasteiger partial charge in [-0.15, -0.1) is 0 Å². The highest BCUT2D eigenvalue weighted by atomic mass is 79.9. The lowest BCUT2D eigenvalue weighted by atomic mass is 10.2. The first kappa shape index (κ1) is 19.1. The van der Waals surface area contributed by atoms with Crippen molar-refractivity contribution >= 4 is 38.6 Å². The number of rotatable bonds is 4. The third-order valence-corrected chi connectivity index (χ3v) is 5.27. The van der Waals surface area contributed by atoms with E-state index in [1.807, 2.05) is 0 Å². The Bertz CT molecular complexity index is 1400. The summed E-state index contributed by atoms with van der Waals surface area (Å²) in [5, 5.41) is 2.83. The van der Waals surface area contributed by atoms with Crippen molar-refractivity contribution in [3.8, 4) is 17.3 Å². The van der Waals surface area contributed by atoms with E-state index in [2.05, 4.69) is 36.2 Å². The number of benzene rings is 2. The smallest absolute Gasteiger partial charge is 0.257 e. The Labute approximate surface area is 183 Å². The average molecular weight is 478 g/mol. The molecule has 0 aliphatic carbocycles. The number of imidazole rings is 1. The van der Waals surface area contributed by atoms with Crippen LogP contribution in [-0.2, 0) is 0 Å². The second-order valence-corrected chi connectivity index (χ2v) is 7.51. The van der Waals surface area contributed by atoms with Crippen molar-refractivity contribution in [3.05, 3.63) is 89.3 Å². The fourth-order valence-electron chi connectivity index (χ4n) is 3.05. The molecule has 1 amide bonds. The van der Waals surface area contributed by atoms with Crippen molar-refractivity contribution < 1.29 is 13.6 Å². The minimum Gasteiger partial charge on any atom is -0.436 e. The molecule has 0 atom stereocenters. The van der Waals surface area contributed by atoms with E-state index in [0.29, 0.717) is 38.2 Å². The predicted molar refractivity (Wildman–Crippen MR) is 116 cm³/mol. The number of halogens is 2. The van der Waals surface area contributed by atoms with Crippen LogP contribution in [0.4, 0.5) is 10.1 Å². The van der Waals surface area contributed by atoms with Crippen LogP contribution < -0.4 is 5.32 Å². The lowest BCUT2D eigenvalue weighted by molar-refractivity contribution is 0.102. The van der Waals surface area contributed by atoms with E-state index in [-0.39, 0.29) is 17.6 Å². The normalized spacial score (nSPS) is 11.0. The molecule has 0 unspecified atom stereocenters. The van der Waals surface area contributed by atoms with Gasteiger partial charge < -0.3 is 9.73 Å². The van der Waals surface area contributed by atoms with Gasteiger partial charge in [-0.3, -0.25) is 9.36 Å². The van der Waals surface area contributed by atoms with E-state index in [0.717, 1.165) is 0 Å². The molecule has 2 aromatic carbocycles. The van der Waals surface area contributed by atoms with Gasteiger partial charge in [0.2, 0.25) is 5.89 Å². The van der Waals surface area contributed by atoms with E-state index in [1.165, 1.54) is 18.3 Å². The Morgan fingerprint density at radius 3 is 2.81 bits per heavy atom. The zero-order valence-corrected chi connectivity index (χ0v) is 17.4. The Balaban J connectivity index is 1.38. The van der Waals surface area contributed by atoms with E-state index in [4.69, 9.17) is 4.42 Å². The molecule has 0 spiro atoms. The average Bonchev–Trinajstić information content (AvgIpc) is 3.45. The van der Waals surface area contributed by atoms with Crippen molar-refractivity contribution in [3.63, 3.8) is 0 Å². The lowest BCUT2D eigenvalue weighted by Gasteiger charge is -2.06. The predicted octanol–water partition coefficient (Wildman–Crippen LogP) is 5.23. The molecular weight excluding hydrogens is 465 g/mol. The molecule has 3 aromatic heterocycles. The number of carbonyl (C=O) groups is 1. The van der Waals surface area contributed by atoms with Crippen molar-refractivity contribution in [2.45, 2.75) is 0 Å². The Morgan fingerprint density at radius 2 is 2.03 bits per heavy atom. The van der Waals surface area contributed by atoms with E-state index in [9.17, 15) is 9.18 Å². The summed E-state index contributed by atoms with van der Waals surface area (Å²) in [5.74, 6) is 0.250. The first-order valence-electron chi connectivity index (χ1n) is 9.18. The molecule has 0 aliphatic heterocycles. The van der Waals surface area contributed by atoms with Crippen LogP contribution in [0.3, 0.4) is 0 Å². The van der Waals surface area contributed by atoms with Gasteiger partial charge in [-0.2, -0.15) is 0 Å². The largest absolute Gasteiger partial charge is 0.436 e. The lowest BCUT2D eigenvalue weighted by Crippen LogP contribution is -2.12. The molecule has 0 saturated heterocycles. The molecule has 5 rings (SSSR count). The van der Waals surface area contributed by atoms with Gasteiger partial charge in [0.05, 0.1) is 11.1 Å². The van der Waals surface area contributed by atoms with Crippen molar-refractivity contribution in [1.82, 2.24) is 19.5 Å². The van der Waals surface area contributed by atoms with Gasteiger partial charge in [-0.25, -0.2) is 19.3 Å². The molecule has 9 heteroatoms. The fourth-order valence-corrected chi connectivity index (χ4v) is 3.47.